The van der Waals surface area contributed by atoms with Gasteiger partial charge in [-0.25, -0.2) is 0 Å². The smallest absolute Gasteiger partial charge is 0.313 e. The van der Waals surface area contributed by atoms with E-state index in [1.807, 2.05) is 24.3 Å². The van der Waals surface area contributed by atoms with Crippen LogP contribution in [-0.4, -0.2) is 24.2 Å². The van der Waals surface area contributed by atoms with Crippen LogP contribution in [0, 0.1) is 0 Å². The number of carboxylic acids is 1. The van der Waals surface area contributed by atoms with Crippen molar-refractivity contribution in [3.8, 4) is 0 Å². The number of piperidine rings is 1. The minimum absolute atomic E-state index is 0.771. The molecule has 0 amide bonds. The van der Waals surface area contributed by atoms with Gasteiger partial charge in [-0.3, -0.25) is 4.79 Å². The molecule has 1 saturated heterocycles. The van der Waals surface area contributed by atoms with Crippen LogP contribution in [-0.2, 0) is 10.2 Å². The Morgan fingerprint density at radius 3 is 2.39 bits per heavy atom. The molecule has 0 aromatic heterocycles. The van der Waals surface area contributed by atoms with Gasteiger partial charge in [0.15, 0.2) is 0 Å². The van der Waals surface area contributed by atoms with Crippen LogP contribution in [0.15, 0.2) is 24.3 Å². The molecule has 1 N–H and O–H groups in total. The number of benzene rings is 1. The summed E-state index contributed by atoms with van der Waals surface area (Å²) in [4.78, 5) is 13.8. The highest BCUT2D eigenvalue weighted by Gasteiger charge is 2.32. The van der Waals surface area contributed by atoms with Crippen molar-refractivity contribution in [2.45, 2.75) is 38.5 Å². The fourth-order valence-corrected chi connectivity index (χ4v) is 2.53. The third-order valence-electron chi connectivity index (χ3n) is 3.81. The summed E-state index contributed by atoms with van der Waals surface area (Å²) in [6.45, 7) is 5.62. The van der Waals surface area contributed by atoms with Crippen molar-refractivity contribution in [2.24, 2.45) is 0 Å². The molecular weight excluding hydrogens is 226 g/mol. The van der Waals surface area contributed by atoms with Crippen molar-refractivity contribution < 1.29 is 9.90 Å². The second kappa shape index (κ2) is 5.01. The van der Waals surface area contributed by atoms with E-state index < -0.39 is 11.4 Å². The van der Waals surface area contributed by atoms with Crippen LogP contribution >= 0.6 is 0 Å². The Balaban J connectivity index is 2.39. The molecule has 0 unspecified atom stereocenters. The van der Waals surface area contributed by atoms with E-state index in [1.54, 1.807) is 13.8 Å². The molecule has 18 heavy (non-hydrogen) atoms. The highest BCUT2D eigenvalue weighted by atomic mass is 16.4. The van der Waals surface area contributed by atoms with Gasteiger partial charge in [-0.05, 0) is 44.7 Å². The molecule has 1 aromatic carbocycles. The van der Waals surface area contributed by atoms with E-state index in [4.69, 9.17) is 0 Å². The Labute approximate surface area is 108 Å². The Morgan fingerprint density at radius 2 is 1.78 bits per heavy atom. The summed E-state index contributed by atoms with van der Waals surface area (Å²) in [6.07, 6.45) is 3.67. The topological polar surface area (TPSA) is 40.5 Å². The zero-order chi connectivity index (χ0) is 13.2. The molecule has 0 aliphatic carbocycles. The number of anilines is 1. The van der Waals surface area contributed by atoms with E-state index in [-0.39, 0.29) is 0 Å². The lowest BCUT2D eigenvalue weighted by molar-refractivity contribution is -0.142. The molecular formula is C15H21NO2. The number of hydrogen-bond donors (Lipinski definition) is 1. The average Bonchev–Trinajstić information content (AvgIpc) is 2.39. The largest absolute Gasteiger partial charge is 0.481 e. The van der Waals surface area contributed by atoms with Gasteiger partial charge >= 0.3 is 5.97 Å². The number of aliphatic carboxylic acids is 1. The molecule has 2 rings (SSSR count). The van der Waals surface area contributed by atoms with Crippen molar-refractivity contribution >= 4 is 11.7 Å². The van der Waals surface area contributed by atoms with Gasteiger partial charge in [0.05, 0.1) is 5.41 Å². The first-order valence-corrected chi connectivity index (χ1v) is 6.61. The molecule has 0 atom stereocenters. The van der Waals surface area contributed by atoms with E-state index in [0.29, 0.717) is 0 Å². The molecule has 1 aliphatic heterocycles. The standard InChI is InChI=1S/C15H21NO2/c1-15(2,14(17)18)12-8-4-5-9-13(12)16-10-6-3-7-11-16/h4-5,8-9H,3,6-7,10-11H2,1-2H3,(H,17,18). The van der Waals surface area contributed by atoms with E-state index in [1.165, 1.54) is 19.3 Å². The number of hydrogen-bond acceptors (Lipinski definition) is 2. The summed E-state index contributed by atoms with van der Waals surface area (Å²) in [5, 5.41) is 9.40. The van der Waals surface area contributed by atoms with E-state index in [2.05, 4.69) is 4.90 Å². The fourth-order valence-electron chi connectivity index (χ4n) is 2.53. The Kier molecular flexibility index (Phi) is 3.60. The van der Waals surface area contributed by atoms with Crippen LogP contribution in [0.5, 0.6) is 0 Å². The molecule has 0 spiro atoms. The number of carbonyl (C=O) groups is 1. The van der Waals surface area contributed by atoms with E-state index in [9.17, 15) is 9.90 Å². The van der Waals surface area contributed by atoms with Crippen LogP contribution in [0.25, 0.3) is 0 Å². The zero-order valence-electron chi connectivity index (χ0n) is 11.1. The zero-order valence-corrected chi connectivity index (χ0v) is 11.1. The molecule has 3 nitrogen and oxygen atoms in total. The molecule has 1 heterocycles. The van der Waals surface area contributed by atoms with Gasteiger partial charge in [-0.15, -0.1) is 0 Å². The van der Waals surface area contributed by atoms with Gasteiger partial charge in [0.1, 0.15) is 0 Å². The second-order valence-electron chi connectivity index (χ2n) is 5.50. The maximum absolute atomic E-state index is 11.4. The summed E-state index contributed by atoms with van der Waals surface area (Å²) in [6, 6.07) is 7.91. The lowest BCUT2D eigenvalue weighted by Gasteiger charge is -2.33. The lowest BCUT2D eigenvalue weighted by Crippen LogP contribution is -2.35. The van der Waals surface area contributed by atoms with Gasteiger partial charge in [0, 0.05) is 18.8 Å². The monoisotopic (exact) mass is 247 g/mol. The third-order valence-corrected chi connectivity index (χ3v) is 3.81. The van der Waals surface area contributed by atoms with Crippen LogP contribution in [0.1, 0.15) is 38.7 Å². The maximum Gasteiger partial charge on any atom is 0.313 e. The molecule has 3 heteroatoms. The highest BCUT2D eigenvalue weighted by molar-refractivity contribution is 5.83. The van der Waals surface area contributed by atoms with E-state index in [0.717, 1.165) is 24.3 Å². The van der Waals surface area contributed by atoms with Gasteiger partial charge in [0.2, 0.25) is 0 Å². The lowest BCUT2D eigenvalue weighted by atomic mass is 9.83. The van der Waals surface area contributed by atoms with Crippen LogP contribution < -0.4 is 4.90 Å². The molecule has 0 radical (unpaired) electrons. The summed E-state index contributed by atoms with van der Waals surface area (Å²) < 4.78 is 0. The SMILES string of the molecule is CC(C)(C(=O)O)c1ccccc1N1CCCCC1. The van der Waals surface area contributed by atoms with Gasteiger partial charge < -0.3 is 10.0 Å². The van der Waals surface area contributed by atoms with Crippen molar-refractivity contribution in [1.82, 2.24) is 0 Å². The first-order valence-electron chi connectivity index (χ1n) is 6.61. The Bertz CT molecular complexity index is 434. The predicted octanol–water partition coefficient (Wildman–Crippen LogP) is 3.04. The van der Waals surface area contributed by atoms with Crippen molar-refractivity contribution in [2.75, 3.05) is 18.0 Å². The second-order valence-corrected chi connectivity index (χ2v) is 5.50. The minimum atomic E-state index is -0.839. The fraction of sp³-hybridized carbons (Fsp3) is 0.533. The van der Waals surface area contributed by atoms with Crippen molar-refractivity contribution in [3.63, 3.8) is 0 Å². The first kappa shape index (κ1) is 12.9. The molecule has 98 valence electrons. The maximum atomic E-state index is 11.4. The summed E-state index contributed by atoms with van der Waals surface area (Å²) in [7, 11) is 0. The number of rotatable bonds is 3. The average molecular weight is 247 g/mol. The predicted molar refractivity (Wildman–Crippen MR) is 73.2 cm³/mol. The quantitative estimate of drug-likeness (QED) is 0.892. The summed E-state index contributed by atoms with van der Waals surface area (Å²) >= 11 is 0. The van der Waals surface area contributed by atoms with Crippen LogP contribution in [0.4, 0.5) is 5.69 Å². The Morgan fingerprint density at radius 1 is 1.17 bits per heavy atom. The van der Waals surface area contributed by atoms with Gasteiger partial charge in [0.25, 0.3) is 0 Å². The molecule has 1 aromatic rings. The summed E-state index contributed by atoms with van der Waals surface area (Å²) in [5.41, 5.74) is 1.16. The van der Waals surface area contributed by atoms with Crippen LogP contribution in [0.2, 0.25) is 0 Å². The van der Waals surface area contributed by atoms with Gasteiger partial charge in [-0.1, -0.05) is 18.2 Å². The molecule has 0 bridgehead atoms. The molecule has 1 fully saturated rings. The number of nitrogens with zero attached hydrogens (tertiary/aromatic N) is 1. The summed E-state index contributed by atoms with van der Waals surface area (Å²) in [5.74, 6) is -0.771. The number of carboxylic acid groups (broad SMARTS) is 1. The normalized spacial score (nSPS) is 16.7. The highest BCUT2D eigenvalue weighted by Crippen LogP contribution is 2.33. The van der Waals surface area contributed by atoms with Crippen molar-refractivity contribution in [3.05, 3.63) is 29.8 Å². The Hall–Kier alpha value is -1.51. The van der Waals surface area contributed by atoms with E-state index >= 15 is 0 Å². The molecule has 1 aliphatic rings. The number of para-hydroxylation sites is 1. The third kappa shape index (κ3) is 2.35. The first-order chi connectivity index (χ1) is 8.53. The minimum Gasteiger partial charge on any atom is -0.481 e. The van der Waals surface area contributed by atoms with Crippen molar-refractivity contribution in [1.29, 1.82) is 0 Å². The molecule has 0 saturated carbocycles. The van der Waals surface area contributed by atoms with Gasteiger partial charge in [-0.2, -0.15) is 0 Å². The van der Waals surface area contributed by atoms with Crippen LogP contribution in [0.3, 0.4) is 0 Å².